The third-order valence-electron chi connectivity index (χ3n) is 4.60. The molecule has 1 amide bonds. The van der Waals surface area contributed by atoms with Crippen molar-refractivity contribution in [3.63, 3.8) is 0 Å². The Morgan fingerprint density at radius 2 is 2.04 bits per heavy atom. The van der Waals surface area contributed by atoms with Crippen LogP contribution in [0.25, 0.3) is 0 Å². The summed E-state index contributed by atoms with van der Waals surface area (Å²) < 4.78 is 10.9. The predicted octanol–water partition coefficient (Wildman–Crippen LogP) is 2.15. The van der Waals surface area contributed by atoms with Crippen LogP contribution in [-0.2, 0) is 4.79 Å². The summed E-state index contributed by atoms with van der Waals surface area (Å²) in [5.74, 6) is 0.156. The standard InChI is InChI=1S/C19H28N2O5/c1-4-8-26-17-11-15(25-3)6-7-16(17)19(24)20-13-9-14(10-13)21(5-2)12-18(22)23/h6-7,11,13-14H,4-5,8-10,12H2,1-3H3,(H,20,24)(H,22,23). The molecule has 7 nitrogen and oxygen atoms in total. The molecule has 0 unspecified atom stereocenters. The van der Waals surface area contributed by atoms with E-state index in [4.69, 9.17) is 14.6 Å². The van der Waals surface area contributed by atoms with Gasteiger partial charge in [-0.15, -0.1) is 0 Å². The lowest BCUT2D eigenvalue weighted by Crippen LogP contribution is -2.54. The van der Waals surface area contributed by atoms with Gasteiger partial charge >= 0.3 is 5.97 Å². The maximum atomic E-state index is 12.6. The van der Waals surface area contributed by atoms with Crippen molar-refractivity contribution >= 4 is 11.9 Å². The van der Waals surface area contributed by atoms with Gasteiger partial charge in [-0.1, -0.05) is 13.8 Å². The van der Waals surface area contributed by atoms with Gasteiger partial charge in [-0.25, -0.2) is 0 Å². The van der Waals surface area contributed by atoms with Gasteiger partial charge in [0.1, 0.15) is 11.5 Å². The quantitative estimate of drug-likeness (QED) is 0.661. The Balaban J connectivity index is 1.95. The van der Waals surface area contributed by atoms with Crippen LogP contribution in [0.3, 0.4) is 0 Å². The summed E-state index contributed by atoms with van der Waals surface area (Å²) in [5.41, 5.74) is 0.487. The largest absolute Gasteiger partial charge is 0.497 e. The zero-order valence-corrected chi connectivity index (χ0v) is 15.7. The minimum Gasteiger partial charge on any atom is -0.497 e. The van der Waals surface area contributed by atoms with Crippen LogP contribution in [0.2, 0.25) is 0 Å². The summed E-state index contributed by atoms with van der Waals surface area (Å²) in [6, 6.07) is 5.42. The van der Waals surface area contributed by atoms with Crippen molar-refractivity contribution in [2.24, 2.45) is 0 Å². The molecule has 0 aromatic heterocycles. The van der Waals surface area contributed by atoms with Gasteiger partial charge < -0.3 is 19.9 Å². The molecule has 7 heteroatoms. The molecule has 0 radical (unpaired) electrons. The van der Waals surface area contributed by atoms with Crippen molar-refractivity contribution in [1.29, 1.82) is 0 Å². The van der Waals surface area contributed by atoms with Crippen molar-refractivity contribution in [1.82, 2.24) is 10.2 Å². The van der Waals surface area contributed by atoms with E-state index >= 15 is 0 Å². The van der Waals surface area contributed by atoms with Gasteiger partial charge in [-0.05, 0) is 37.9 Å². The summed E-state index contributed by atoms with van der Waals surface area (Å²) in [5, 5.41) is 12.0. The molecule has 0 bridgehead atoms. The van der Waals surface area contributed by atoms with Crippen LogP contribution >= 0.6 is 0 Å². The van der Waals surface area contributed by atoms with Gasteiger partial charge in [0.15, 0.2) is 0 Å². The second-order valence-corrected chi connectivity index (χ2v) is 6.46. The number of methoxy groups -OCH3 is 1. The molecule has 2 rings (SSSR count). The number of carboxylic acid groups (broad SMARTS) is 1. The molecule has 1 aliphatic rings. The van der Waals surface area contributed by atoms with Crippen molar-refractivity contribution < 1.29 is 24.2 Å². The Kier molecular flexibility index (Phi) is 7.26. The van der Waals surface area contributed by atoms with Crippen LogP contribution in [-0.4, -0.2) is 60.8 Å². The number of hydrogen-bond donors (Lipinski definition) is 2. The number of hydrogen-bond acceptors (Lipinski definition) is 5. The number of rotatable bonds is 10. The van der Waals surface area contributed by atoms with Crippen LogP contribution in [0.15, 0.2) is 18.2 Å². The topological polar surface area (TPSA) is 88.1 Å². The van der Waals surface area contributed by atoms with Gasteiger partial charge in [0.2, 0.25) is 0 Å². The van der Waals surface area contributed by atoms with E-state index in [1.807, 2.05) is 18.7 Å². The number of likely N-dealkylation sites (N-methyl/N-ethyl adjacent to an activating group) is 1. The molecule has 0 saturated heterocycles. The summed E-state index contributed by atoms with van der Waals surface area (Å²) in [7, 11) is 1.57. The van der Waals surface area contributed by atoms with Crippen LogP contribution in [0.5, 0.6) is 11.5 Å². The van der Waals surface area contributed by atoms with Gasteiger partial charge in [-0.3, -0.25) is 14.5 Å². The number of aliphatic carboxylic acids is 1. The Bertz CT molecular complexity index is 628. The van der Waals surface area contributed by atoms with Crippen LogP contribution in [0.4, 0.5) is 0 Å². The Hall–Kier alpha value is -2.28. The number of nitrogens with zero attached hydrogens (tertiary/aromatic N) is 1. The van der Waals surface area contributed by atoms with E-state index in [9.17, 15) is 9.59 Å². The summed E-state index contributed by atoms with van der Waals surface area (Å²) in [4.78, 5) is 25.4. The SMILES string of the molecule is CCCOc1cc(OC)ccc1C(=O)NC1CC(N(CC)CC(=O)O)C1. The highest BCUT2D eigenvalue weighted by atomic mass is 16.5. The second-order valence-electron chi connectivity index (χ2n) is 6.46. The molecule has 26 heavy (non-hydrogen) atoms. The third kappa shape index (κ3) is 5.11. The smallest absolute Gasteiger partial charge is 0.317 e. The van der Waals surface area contributed by atoms with Crippen molar-refractivity contribution in [2.45, 2.75) is 45.2 Å². The summed E-state index contributed by atoms with van der Waals surface area (Å²) in [6.45, 7) is 5.20. The summed E-state index contributed by atoms with van der Waals surface area (Å²) in [6.07, 6.45) is 2.36. The highest BCUT2D eigenvalue weighted by molar-refractivity contribution is 5.97. The molecule has 0 aliphatic heterocycles. The van der Waals surface area contributed by atoms with Crippen molar-refractivity contribution in [3.05, 3.63) is 23.8 Å². The van der Waals surface area contributed by atoms with E-state index < -0.39 is 5.97 Å². The van der Waals surface area contributed by atoms with Gasteiger partial charge in [0.05, 0.1) is 25.8 Å². The lowest BCUT2D eigenvalue weighted by Gasteiger charge is -2.42. The summed E-state index contributed by atoms with van der Waals surface area (Å²) >= 11 is 0. The molecule has 0 spiro atoms. The molecule has 1 saturated carbocycles. The minimum atomic E-state index is -0.824. The first-order valence-electron chi connectivity index (χ1n) is 9.06. The Morgan fingerprint density at radius 1 is 1.31 bits per heavy atom. The number of ether oxygens (including phenoxy) is 2. The molecule has 1 aromatic carbocycles. The Morgan fingerprint density at radius 3 is 2.62 bits per heavy atom. The molecule has 0 heterocycles. The lowest BCUT2D eigenvalue weighted by atomic mass is 9.85. The number of nitrogens with one attached hydrogen (secondary N) is 1. The van der Waals surface area contributed by atoms with Crippen LogP contribution in [0.1, 0.15) is 43.5 Å². The molecule has 1 fully saturated rings. The van der Waals surface area contributed by atoms with E-state index in [0.717, 1.165) is 19.3 Å². The Labute approximate surface area is 154 Å². The molecule has 2 N–H and O–H groups in total. The first-order valence-corrected chi connectivity index (χ1v) is 9.06. The fourth-order valence-electron chi connectivity index (χ4n) is 3.09. The zero-order valence-electron chi connectivity index (χ0n) is 15.7. The molecule has 1 aliphatic carbocycles. The highest BCUT2D eigenvalue weighted by Crippen LogP contribution is 2.28. The van der Waals surface area contributed by atoms with Crippen molar-refractivity contribution in [3.8, 4) is 11.5 Å². The van der Waals surface area contributed by atoms with E-state index in [1.165, 1.54) is 0 Å². The number of carbonyl (C=O) groups is 2. The first kappa shape index (κ1) is 20.0. The normalized spacial score (nSPS) is 18.9. The average molecular weight is 364 g/mol. The van der Waals surface area contributed by atoms with Gasteiger partial charge in [0, 0.05) is 18.2 Å². The molecule has 144 valence electrons. The van der Waals surface area contributed by atoms with E-state index in [2.05, 4.69) is 5.32 Å². The number of benzene rings is 1. The lowest BCUT2D eigenvalue weighted by molar-refractivity contribution is -0.139. The highest BCUT2D eigenvalue weighted by Gasteiger charge is 2.35. The predicted molar refractivity (Wildman–Crippen MR) is 97.9 cm³/mol. The number of carbonyl (C=O) groups excluding carboxylic acids is 1. The maximum Gasteiger partial charge on any atom is 0.317 e. The van der Waals surface area contributed by atoms with E-state index in [0.29, 0.717) is 30.2 Å². The fourth-order valence-corrected chi connectivity index (χ4v) is 3.09. The second kappa shape index (κ2) is 9.43. The van der Waals surface area contributed by atoms with Crippen LogP contribution in [0, 0.1) is 0 Å². The number of carboxylic acids is 1. The molecule has 1 aromatic rings. The van der Waals surface area contributed by atoms with Crippen molar-refractivity contribution in [2.75, 3.05) is 26.8 Å². The maximum absolute atomic E-state index is 12.6. The molecular formula is C19H28N2O5. The van der Waals surface area contributed by atoms with E-state index in [1.54, 1.807) is 25.3 Å². The van der Waals surface area contributed by atoms with Crippen LogP contribution < -0.4 is 14.8 Å². The zero-order chi connectivity index (χ0) is 19.1. The van der Waals surface area contributed by atoms with Gasteiger partial charge in [0.25, 0.3) is 5.91 Å². The third-order valence-corrected chi connectivity index (χ3v) is 4.60. The monoisotopic (exact) mass is 364 g/mol. The van der Waals surface area contributed by atoms with Gasteiger partial charge in [-0.2, -0.15) is 0 Å². The molecular weight excluding hydrogens is 336 g/mol. The average Bonchev–Trinajstić information content (AvgIpc) is 2.60. The van der Waals surface area contributed by atoms with E-state index in [-0.39, 0.29) is 24.5 Å². The minimum absolute atomic E-state index is 0.0370. The first-order chi connectivity index (χ1) is 12.5. The fraction of sp³-hybridized carbons (Fsp3) is 0.579. The number of amides is 1. The molecule has 0 atom stereocenters.